The molecule has 0 saturated carbocycles. The van der Waals surface area contributed by atoms with Crippen LogP contribution in [0.2, 0.25) is 0 Å². The van der Waals surface area contributed by atoms with Gasteiger partial charge in [-0.1, -0.05) is 0 Å². The lowest BCUT2D eigenvalue weighted by Crippen LogP contribution is -2.46. The van der Waals surface area contributed by atoms with E-state index in [1.807, 2.05) is 0 Å². The third kappa shape index (κ3) is 2.45. The second kappa shape index (κ2) is 4.59. The fourth-order valence-corrected chi connectivity index (χ4v) is 1.82. The van der Waals surface area contributed by atoms with Gasteiger partial charge in [0.1, 0.15) is 12.6 Å². The van der Waals surface area contributed by atoms with Gasteiger partial charge in [0.2, 0.25) is 5.91 Å². The van der Waals surface area contributed by atoms with E-state index in [2.05, 4.69) is 16.1 Å². The minimum Gasteiger partial charge on any atom is -0.342 e. The van der Waals surface area contributed by atoms with E-state index in [0.29, 0.717) is 0 Å². The number of hydrogen-bond acceptors (Lipinski definition) is 4. The summed E-state index contributed by atoms with van der Waals surface area (Å²) >= 11 is 0. The molecule has 0 aliphatic carbocycles. The highest BCUT2D eigenvalue weighted by atomic mass is 16.7. The molecule has 0 radical (unpaired) electrons. The van der Waals surface area contributed by atoms with Gasteiger partial charge in [-0.2, -0.15) is 0 Å². The predicted octanol–water partition coefficient (Wildman–Crippen LogP) is -1.47. The highest BCUT2D eigenvalue weighted by Gasteiger charge is 2.30. The molecule has 2 aliphatic rings. The topological polar surface area (TPSA) is 79.5 Å². The van der Waals surface area contributed by atoms with Gasteiger partial charge in [-0.3, -0.25) is 14.4 Å². The number of nitrogens with one attached hydrogen (secondary N) is 3. The number of carbonyl (C=O) groups is 2. The largest absolute Gasteiger partial charge is 0.342 e. The molecule has 6 nitrogen and oxygen atoms in total. The molecule has 2 aliphatic heterocycles. The maximum absolute atomic E-state index is 11.7. The smallest absolute Gasteiger partial charge is 0.268 e. The first-order chi connectivity index (χ1) is 7.27. The first-order valence-corrected chi connectivity index (χ1v) is 5.20. The van der Waals surface area contributed by atoms with E-state index >= 15 is 0 Å². The summed E-state index contributed by atoms with van der Waals surface area (Å²) in [5, 5.41) is 5.88. The Bertz CT molecular complexity index is 263. The Hall–Kier alpha value is -1.14. The van der Waals surface area contributed by atoms with Crippen LogP contribution in [0.3, 0.4) is 0 Å². The summed E-state index contributed by atoms with van der Waals surface area (Å²) in [7, 11) is 0. The molecule has 2 heterocycles. The van der Waals surface area contributed by atoms with Crippen LogP contribution in [0, 0.1) is 5.92 Å². The van der Waals surface area contributed by atoms with Crippen molar-refractivity contribution in [2.75, 3.05) is 19.7 Å². The van der Waals surface area contributed by atoms with Gasteiger partial charge in [0.05, 0.1) is 0 Å². The monoisotopic (exact) mass is 213 g/mol. The summed E-state index contributed by atoms with van der Waals surface area (Å²) in [4.78, 5) is 27.6. The second-order valence-electron chi connectivity index (χ2n) is 3.86. The summed E-state index contributed by atoms with van der Waals surface area (Å²) in [5.74, 6) is -0.279. The minimum atomic E-state index is -0.521. The van der Waals surface area contributed by atoms with Crippen LogP contribution >= 0.6 is 0 Å². The Kier molecular flexibility index (Phi) is 3.17. The number of rotatable bonds is 2. The quantitative estimate of drug-likeness (QED) is 0.523. The number of hydroxylamine groups is 1. The Morgan fingerprint density at radius 3 is 2.73 bits per heavy atom. The Labute approximate surface area is 87.7 Å². The van der Waals surface area contributed by atoms with Gasteiger partial charge in [0.25, 0.3) is 5.91 Å². The number of carbonyl (C=O) groups excluding carboxylic acids is 2. The summed E-state index contributed by atoms with van der Waals surface area (Å²) < 4.78 is 0. The van der Waals surface area contributed by atoms with Crippen LogP contribution in [-0.2, 0) is 14.4 Å². The van der Waals surface area contributed by atoms with Gasteiger partial charge < -0.3 is 10.6 Å². The molecule has 84 valence electrons. The standard InChI is InChI=1S/C9H15N3O3/c13-8(6-1-3-10-4-2-6)11-7-5-15-12-9(7)14/h6-7,10H,1-5H2,(H,11,13)(H,12,14)/t7-/m1/s1. The van der Waals surface area contributed by atoms with Gasteiger partial charge in [-0.15, -0.1) is 0 Å². The first kappa shape index (κ1) is 10.4. The van der Waals surface area contributed by atoms with Gasteiger partial charge in [-0.25, -0.2) is 5.48 Å². The molecule has 2 amide bonds. The zero-order chi connectivity index (χ0) is 10.7. The lowest BCUT2D eigenvalue weighted by Gasteiger charge is -2.22. The highest BCUT2D eigenvalue weighted by molar-refractivity contribution is 5.88. The van der Waals surface area contributed by atoms with Crippen molar-refractivity contribution in [2.45, 2.75) is 18.9 Å². The van der Waals surface area contributed by atoms with E-state index in [-0.39, 0.29) is 24.3 Å². The van der Waals surface area contributed by atoms with Crippen molar-refractivity contribution >= 4 is 11.8 Å². The average molecular weight is 213 g/mol. The molecular weight excluding hydrogens is 198 g/mol. The molecule has 1 atom stereocenters. The molecule has 6 heteroatoms. The van der Waals surface area contributed by atoms with Crippen LogP contribution in [0.4, 0.5) is 0 Å². The third-order valence-electron chi connectivity index (χ3n) is 2.77. The normalized spacial score (nSPS) is 27.5. The van der Waals surface area contributed by atoms with E-state index in [1.165, 1.54) is 0 Å². The van der Waals surface area contributed by atoms with Crippen LogP contribution in [0.5, 0.6) is 0 Å². The molecule has 0 spiro atoms. The number of hydrogen-bond donors (Lipinski definition) is 3. The van der Waals surface area contributed by atoms with Crippen molar-refractivity contribution in [1.29, 1.82) is 0 Å². The molecule has 0 aromatic rings. The molecule has 2 rings (SSSR count). The van der Waals surface area contributed by atoms with Gasteiger partial charge in [0.15, 0.2) is 0 Å². The zero-order valence-corrected chi connectivity index (χ0v) is 8.41. The predicted molar refractivity (Wildman–Crippen MR) is 51.6 cm³/mol. The second-order valence-corrected chi connectivity index (χ2v) is 3.86. The first-order valence-electron chi connectivity index (χ1n) is 5.20. The Morgan fingerprint density at radius 1 is 1.40 bits per heavy atom. The van der Waals surface area contributed by atoms with E-state index in [0.717, 1.165) is 25.9 Å². The number of piperidine rings is 1. The van der Waals surface area contributed by atoms with E-state index < -0.39 is 6.04 Å². The summed E-state index contributed by atoms with van der Waals surface area (Å²) in [6.45, 7) is 1.95. The molecule has 0 aromatic carbocycles. The zero-order valence-electron chi connectivity index (χ0n) is 8.41. The van der Waals surface area contributed by atoms with Gasteiger partial charge in [-0.05, 0) is 25.9 Å². The highest BCUT2D eigenvalue weighted by Crippen LogP contribution is 2.12. The SMILES string of the molecule is O=C(N[C@@H]1CONC1=O)C1CCNCC1. The molecule has 0 aromatic heterocycles. The van der Waals surface area contributed by atoms with Crippen molar-refractivity contribution in [1.82, 2.24) is 16.1 Å². The van der Waals surface area contributed by atoms with Gasteiger partial charge in [0, 0.05) is 5.92 Å². The molecule has 3 N–H and O–H groups in total. The van der Waals surface area contributed by atoms with Crippen molar-refractivity contribution in [3.05, 3.63) is 0 Å². The fraction of sp³-hybridized carbons (Fsp3) is 0.778. The molecule has 2 fully saturated rings. The summed E-state index contributed by atoms with van der Waals surface area (Å²) in [6, 6.07) is -0.521. The lowest BCUT2D eigenvalue weighted by molar-refractivity contribution is -0.130. The Balaban J connectivity index is 1.82. The lowest BCUT2D eigenvalue weighted by atomic mass is 9.97. The average Bonchev–Trinajstić information content (AvgIpc) is 2.66. The van der Waals surface area contributed by atoms with E-state index in [1.54, 1.807) is 0 Å². The summed E-state index contributed by atoms with van der Waals surface area (Å²) in [5.41, 5.74) is 2.21. The van der Waals surface area contributed by atoms with Crippen LogP contribution < -0.4 is 16.1 Å². The third-order valence-corrected chi connectivity index (χ3v) is 2.77. The molecular formula is C9H15N3O3. The van der Waals surface area contributed by atoms with Crippen molar-refractivity contribution in [2.24, 2.45) is 5.92 Å². The van der Waals surface area contributed by atoms with Crippen molar-refractivity contribution in [3.8, 4) is 0 Å². The molecule has 2 saturated heterocycles. The van der Waals surface area contributed by atoms with Crippen LogP contribution in [0.15, 0.2) is 0 Å². The fourth-order valence-electron chi connectivity index (χ4n) is 1.82. The minimum absolute atomic E-state index is 0.0275. The number of amides is 2. The Morgan fingerprint density at radius 2 is 2.13 bits per heavy atom. The van der Waals surface area contributed by atoms with Crippen LogP contribution in [0.25, 0.3) is 0 Å². The van der Waals surface area contributed by atoms with E-state index in [4.69, 9.17) is 4.84 Å². The van der Waals surface area contributed by atoms with Crippen LogP contribution in [-0.4, -0.2) is 37.6 Å². The van der Waals surface area contributed by atoms with E-state index in [9.17, 15) is 9.59 Å². The molecule has 0 unspecified atom stereocenters. The maximum Gasteiger partial charge on any atom is 0.268 e. The molecule has 0 bridgehead atoms. The van der Waals surface area contributed by atoms with Crippen molar-refractivity contribution in [3.63, 3.8) is 0 Å². The van der Waals surface area contributed by atoms with Crippen LogP contribution in [0.1, 0.15) is 12.8 Å². The van der Waals surface area contributed by atoms with Crippen molar-refractivity contribution < 1.29 is 14.4 Å². The summed E-state index contributed by atoms with van der Waals surface area (Å²) in [6.07, 6.45) is 1.67. The van der Waals surface area contributed by atoms with Gasteiger partial charge >= 0.3 is 0 Å². The molecule has 15 heavy (non-hydrogen) atoms. The maximum atomic E-state index is 11.7.